The van der Waals surface area contributed by atoms with Crippen molar-refractivity contribution in [3.05, 3.63) is 21.7 Å². The van der Waals surface area contributed by atoms with E-state index >= 15 is 0 Å². The lowest BCUT2D eigenvalue weighted by Gasteiger charge is -2.09. The van der Waals surface area contributed by atoms with Crippen LogP contribution in [0.4, 0.5) is 0 Å². The highest BCUT2D eigenvalue weighted by atomic mass is 79.9. The summed E-state index contributed by atoms with van der Waals surface area (Å²) in [6, 6.07) is 1.76. The van der Waals surface area contributed by atoms with Crippen molar-refractivity contribution in [3.8, 4) is 11.5 Å². The summed E-state index contributed by atoms with van der Waals surface area (Å²) in [5, 5.41) is 0. The molecule has 0 atom stereocenters. The Bertz CT molecular complexity index is 426. The molecule has 1 aromatic carbocycles. The number of carbonyl (C=O) groups excluding carboxylic acids is 1. The first-order valence-corrected chi connectivity index (χ1v) is 5.56. The largest absolute Gasteiger partial charge is 0.454 e. The summed E-state index contributed by atoms with van der Waals surface area (Å²) >= 11 is 3.45. The lowest BCUT2D eigenvalue weighted by molar-refractivity contribution is 0.101. The maximum atomic E-state index is 11.5. The van der Waals surface area contributed by atoms with Crippen LogP contribution in [0.3, 0.4) is 0 Å². The number of Topliss-reactive ketones (excluding diaryl/α,β-unsaturated/α-hetero) is 1. The zero-order chi connectivity index (χ0) is 11.0. The molecular formula is C11H11BrO3. The number of hydrogen-bond donors (Lipinski definition) is 0. The normalized spacial score (nSPS) is 13.0. The Balaban J connectivity index is 2.66. The van der Waals surface area contributed by atoms with Crippen LogP contribution in [0.15, 0.2) is 10.5 Å². The van der Waals surface area contributed by atoms with Gasteiger partial charge >= 0.3 is 0 Å². The Kier molecular flexibility index (Phi) is 2.69. The monoisotopic (exact) mass is 270 g/mol. The van der Waals surface area contributed by atoms with E-state index in [0.29, 0.717) is 17.1 Å². The molecule has 15 heavy (non-hydrogen) atoms. The molecule has 0 radical (unpaired) electrons. The van der Waals surface area contributed by atoms with Crippen molar-refractivity contribution in [1.29, 1.82) is 0 Å². The van der Waals surface area contributed by atoms with E-state index in [-0.39, 0.29) is 12.6 Å². The van der Waals surface area contributed by atoms with Gasteiger partial charge in [-0.3, -0.25) is 4.79 Å². The zero-order valence-corrected chi connectivity index (χ0v) is 10.2. The fraction of sp³-hybridized carbons (Fsp3) is 0.364. The SMILES string of the molecule is CCc1c(C(C)=O)cc2c(c1Br)OCO2. The summed E-state index contributed by atoms with van der Waals surface area (Å²) in [5.41, 5.74) is 1.68. The van der Waals surface area contributed by atoms with Gasteiger partial charge in [-0.1, -0.05) is 6.92 Å². The first-order chi connectivity index (χ1) is 7.15. The van der Waals surface area contributed by atoms with Crippen LogP contribution in [0.1, 0.15) is 29.8 Å². The van der Waals surface area contributed by atoms with E-state index < -0.39 is 0 Å². The molecule has 80 valence electrons. The van der Waals surface area contributed by atoms with Crippen molar-refractivity contribution in [1.82, 2.24) is 0 Å². The molecule has 1 aromatic rings. The molecule has 3 nitrogen and oxygen atoms in total. The molecule has 0 saturated carbocycles. The molecule has 0 fully saturated rings. The van der Waals surface area contributed by atoms with E-state index in [0.717, 1.165) is 16.5 Å². The molecule has 1 aliphatic heterocycles. The smallest absolute Gasteiger partial charge is 0.231 e. The fourth-order valence-electron chi connectivity index (χ4n) is 1.70. The Morgan fingerprint density at radius 2 is 2.27 bits per heavy atom. The topological polar surface area (TPSA) is 35.5 Å². The predicted octanol–water partition coefficient (Wildman–Crippen LogP) is 2.94. The van der Waals surface area contributed by atoms with Crippen molar-refractivity contribution in [3.63, 3.8) is 0 Å². The van der Waals surface area contributed by atoms with Gasteiger partial charge in [-0.15, -0.1) is 0 Å². The van der Waals surface area contributed by atoms with Gasteiger partial charge in [0.25, 0.3) is 0 Å². The van der Waals surface area contributed by atoms with E-state index in [2.05, 4.69) is 15.9 Å². The molecule has 0 bridgehead atoms. The Labute approximate surface area is 96.5 Å². The quantitative estimate of drug-likeness (QED) is 0.776. The second-order valence-electron chi connectivity index (χ2n) is 3.36. The van der Waals surface area contributed by atoms with Crippen LogP contribution in [0.25, 0.3) is 0 Å². The van der Waals surface area contributed by atoms with E-state index in [9.17, 15) is 4.79 Å². The minimum absolute atomic E-state index is 0.0471. The van der Waals surface area contributed by atoms with Crippen molar-refractivity contribution < 1.29 is 14.3 Å². The summed E-state index contributed by atoms with van der Waals surface area (Å²) in [4.78, 5) is 11.5. The van der Waals surface area contributed by atoms with Crippen molar-refractivity contribution >= 4 is 21.7 Å². The molecule has 0 amide bonds. The molecule has 0 saturated heterocycles. The van der Waals surface area contributed by atoms with Crippen LogP contribution in [0, 0.1) is 0 Å². The van der Waals surface area contributed by atoms with Crippen molar-refractivity contribution in [2.45, 2.75) is 20.3 Å². The third-order valence-corrected chi connectivity index (χ3v) is 3.28. The van der Waals surface area contributed by atoms with Gasteiger partial charge in [0.1, 0.15) is 0 Å². The van der Waals surface area contributed by atoms with Crippen LogP contribution in [0.5, 0.6) is 11.5 Å². The maximum Gasteiger partial charge on any atom is 0.231 e. The predicted molar refractivity (Wildman–Crippen MR) is 59.6 cm³/mol. The van der Waals surface area contributed by atoms with E-state index in [1.807, 2.05) is 6.92 Å². The summed E-state index contributed by atoms with van der Waals surface area (Å²) in [6.45, 7) is 3.79. The first-order valence-electron chi connectivity index (χ1n) is 4.77. The van der Waals surface area contributed by atoms with Gasteiger partial charge in [0.2, 0.25) is 6.79 Å². The second-order valence-corrected chi connectivity index (χ2v) is 4.15. The van der Waals surface area contributed by atoms with Gasteiger partial charge in [-0.2, -0.15) is 0 Å². The summed E-state index contributed by atoms with van der Waals surface area (Å²) < 4.78 is 11.4. The van der Waals surface area contributed by atoms with Crippen LogP contribution >= 0.6 is 15.9 Å². The second kappa shape index (κ2) is 3.85. The summed E-state index contributed by atoms with van der Waals surface area (Å²) in [7, 11) is 0. The Morgan fingerprint density at radius 3 is 2.87 bits per heavy atom. The first kappa shape index (κ1) is 10.5. The maximum absolute atomic E-state index is 11.5. The van der Waals surface area contributed by atoms with Crippen molar-refractivity contribution in [2.24, 2.45) is 0 Å². The lowest BCUT2D eigenvalue weighted by atomic mass is 10.0. The third kappa shape index (κ3) is 1.63. The Hall–Kier alpha value is -1.03. The van der Waals surface area contributed by atoms with Gasteiger partial charge in [0.15, 0.2) is 17.3 Å². The molecule has 0 spiro atoms. The van der Waals surface area contributed by atoms with Crippen LogP contribution < -0.4 is 9.47 Å². The van der Waals surface area contributed by atoms with E-state index in [1.54, 1.807) is 13.0 Å². The highest BCUT2D eigenvalue weighted by Crippen LogP contribution is 2.43. The highest BCUT2D eigenvalue weighted by molar-refractivity contribution is 9.10. The number of carbonyl (C=O) groups is 1. The van der Waals surface area contributed by atoms with Gasteiger partial charge in [-0.25, -0.2) is 0 Å². The minimum Gasteiger partial charge on any atom is -0.454 e. The van der Waals surface area contributed by atoms with Gasteiger partial charge < -0.3 is 9.47 Å². The van der Waals surface area contributed by atoms with Crippen molar-refractivity contribution in [2.75, 3.05) is 6.79 Å². The standard InChI is InChI=1S/C11H11BrO3/c1-3-7-8(6(2)13)4-9-11(10(7)12)15-5-14-9/h4H,3,5H2,1-2H3. The average molecular weight is 271 g/mol. The number of ether oxygens (including phenoxy) is 2. The third-order valence-electron chi connectivity index (χ3n) is 2.44. The summed E-state index contributed by atoms with van der Waals surface area (Å²) in [5.74, 6) is 1.40. The Morgan fingerprint density at radius 1 is 1.53 bits per heavy atom. The van der Waals surface area contributed by atoms with E-state index in [4.69, 9.17) is 9.47 Å². The number of benzene rings is 1. The molecular weight excluding hydrogens is 260 g/mol. The molecule has 0 unspecified atom stereocenters. The minimum atomic E-state index is 0.0471. The number of fused-ring (bicyclic) bond motifs is 1. The molecule has 1 heterocycles. The fourth-order valence-corrected chi connectivity index (χ4v) is 2.50. The highest BCUT2D eigenvalue weighted by Gasteiger charge is 2.23. The molecule has 0 N–H and O–H groups in total. The number of rotatable bonds is 2. The molecule has 2 rings (SSSR count). The van der Waals surface area contributed by atoms with Gasteiger partial charge in [0, 0.05) is 5.56 Å². The van der Waals surface area contributed by atoms with E-state index in [1.165, 1.54) is 0 Å². The van der Waals surface area contributed by atoms with Gasteiger partial charge in [0.05, 0.1) is 4.47 Å². The number of hydrogen-bond acceptors (Lipinski definition) is 3. The average Bonchev–Trinajstić information content (AvgIpc) is 2.65. The number of halogens is 1. The van der Waals surface area contributed by atoms with Crippen LogP contribution in [0.2, 0.25) is 0 Å². The molecule has 0 aliphatic carbocycles. The van der Waals surface area contributed by atoms with Crippen LogP contribution in [-0.2, 0) is 6.42 Å². The molecule has 1 aliphatic rings. The molecule has 0 aromatic heterocycles. The lowest BCUT2D eigenvalue weighted by Crippen LogP contribution is -2.00. The summed E-state index contributed by atoms with van der Waals surface area (Å²) in [6.07, 6.45) is 0.784. The van der Waals surface area contributed by atoms with Crippen LogP contribution in [-0.4, -0.2) is 12.6 Å². The molecule has 4 heteroatoms. The zero-order valence-electron chi connectivity index (χ0n) is 8.59. The van der Waals surface area contributed by atoms with Gasteiger partial charge in [-0.05, 0) is 40.9 Å². The number of ketones is 1.